The molecule has 1 aromatic heterocycles. The van der Waals surface area contributed by atoms with Crippen molar-refractivity contribution in [1.29, 1.82) is 0 Å². The molecule has 0 saturated carbocycles. The summed E-state index contributed by atoms with van der Waals surface area (Å²) in [5, 5.41) is 13.6. The van der Waals surface area contributed by atoms with Crippen molar-refractivity contribution in [2.24, 2.45) is 5.41 Å². The van der Waals surface area contributed by atoms with E-state index < -0.39 is 0 Å². The zero-order chi connectivity index (χ0) is 18.9. The van der Waals surface area contributed by atoms with E-state index in [1.165, 1.54) is 0 Å². The third-order valence-corrected chi connectivity index (χ3v) is 5.96. The number of rotatable bonds is 3. The van der Waals surface area contributed by atoms with Crippen LogP contribution in [0.4, 0.5) is 0 Å². The van der Waals surface area contributed by atoms with E-state index in [4.69, 9.17) is 0 Å². The molecule has 3 heterocycles. The van der Waals surface area contributed by atoms with E-state index in [-0.39, 0.29) is 24.0 Å². The highest BCUT2D eigenvalue weighted by Crippen LogP contribution is 2.38. The SMILES string of the molecule is Cc1ncc(C(=O)N2CC[C@H]3NCCC[C@]3(CO)C2)c(-c2ccccc2)n1. The first kappa shape index (κ1) is 18.1. The molecule has 6 nitrogen and oxygen atoms in total. The van der Waals surface area contributed by atoms with Gasteiger partial charge in [0.2, 0.25) is 0 Å². The van der Waals surface area contributed by atoms with Crippen LogP contribution in [0, 0.1) is 12.3 Å². The fraction of sp³-hybridized carbons (Fsp3) is 0.476. The highest BCUT2D eigenvalue weighted by molar-refractivity contribution is 5.99. The second-order valence-corrected chi connectivity index (χ2v) is 7.69. The van der Waals surface area contributed by atoms with Gasteiger partial charge >= 0.3 is 0 Å². The van der Waals surface area contributed by atoms with E-state index in [0.717, 1.165) is 31.4 Å². The maximum Gasteiger partial charge on any atom is 0.257 e. The summed E-state index contributed by atoms with van der Waals surface area (Å²) in [4.78, 5) is 24.1. The summed E-state index contributed by atoms with van der Waals surface area (Å²) < 4.78 is 0. The Bertz CT molecular complexity index is 826. The van der Waals surface area contributed by atoms with Gasteiger partial charge in [-0.1, -0.05) is 30.3 Å². The Hall–Kier alpha value is -2.31. The van der Waals surface area contributed by atoms with Crippen molar-refractivity contribution >= 4 is 5.91 Å². The molecule has 27 heavy (non-hydrogen) atoms. The van der Waals surface area contributed by atoms with Crippen molar-refractivity contribution in [3.05, 3.63) is 47.9 Å². The molecule has 1 aromatic carbocycles. The van der Waals surface area contributed by atoms with Crippen molar-refractivity contribution in [3.63, 3.8) is 0 Å². The van der Waals surface area contributed by atoms with Gasteiger partial charge in [0.25, 0.3) is 5.91 Å². The number of aryl methyl sites for hydroxylation is 1. The summed E-state index contributed by atoms with van der Waals surface area (Å²) in [7, 11) is 0. The van der Waals surface area contributed by atoms with Crippen LogP contribution in [0.25, 0.3) is 11.3 Å². The second kappa shape index (κ2) is 7.37. The van der Waals surface area contributed by atoms with Crippen LogP contribution in [0.3, 0.4) is 0 Å². The third kappa shape index (κ3) is 3.35. The van der Waals surface area contributed by atoms with Crippen LogP contribution in [-0.4, -0.2) is 58.2 Å². The quantitative estimate of drug-likeness (QED) is 0.869. The van der Waals surface area contributed by atoms with E-state index in [1.54, 1.807) is 6.20 Å². The van der Waals surface area contributed by atoms with Gasteiger partial charge in [-0.3, -0.25) is 4.79 Å². The first-order valence-corrected chi connectivity index (χ1v) is 9.65. The fourth-order valence-electron chi connectivity index (χ4n) is 4.47. The molecule has 4 rings (SSSR count). The number of aliphatic hydroxyl groups excluding tert-OH is 1. The average Bonchev–Trinajstić information content (AvgIpc) is 2.73. The molecule has 0 bridgehead atoms. The predicted molar refractivity (Wildman–Crippen MR) is 103 cm³/mol. The van der Waals surface area contributed by atoms with Crippen molar-refractivity contribution in [3.8, 4) is 11.3 Å². The minimum absolute atomic E-state index is 0.0503. The lowest BCUT2D eigenvalue weighted by atomic mass is 9.70. The molecule has 142 valence electrons. The van der Waals surface area contributed by atoms with Gasteiger partial charge in [0, 0.05) is 36.3 Å². The molecule has 2 aliphatic heterocycles. The number of nitrogens with one attached hydrogen (secondary N) is 1. The van der Waals surface area contributed by atoms with Gasteiger partial charge in [-0.15, -0.1) is 0 Å². The van der Waals surface area contributed by atoms with Gasteiger partial charge in [-0.25, -0.2) is 9.97 Å². The fourth-order valence-corrected chi connectivity index (χ4v) is 4.47. The molecule has 2 N–H and O–H groups in total. The number of benzene rings is 1. The molecular weight excluding hydrogens is 340 g/mol. The van der Waals surface area contributed by atoms with Crippen LogP contribution in [-0.2, 0) is 0 Å². The van der Waals surface area contributed by atoms with Crippen LogP contribution in [0.1, 0.15) is 35.4 Å². The summed E-state index contributed by atoms with van der Waals surface area (Å²) in [6.07, 6.45) is 4.48. The van der Waals surface area contributed by atoms with Crippen LogP contribution in [0.15, 0.2) is 36.5 Å². The number of likely N-dealkylation sites (tertiary alicyclic amines) is 1. The van der Waals surface area contributed by atoms with E-state index in [2.05, 4.69) is 15.3 Å². The Balaban J connectivity index is 1.66. The summed E-state index contributed by atoms with van der Waals surface area (Å²) in [5.41, 5.74) is 1.87. The largest absolute Gasteiger partial charge is 0.396 e. The van der Waals surface area contributed by atoms with Crippen molar-refractivity contribution in [2.75, 3.05) is 26.2 Å². The maximum absolute atomic E-state index is 13.4. The molecule has 2 saturated heterocycles. The summed E-state index contributed by atoms with van der Waals surface area (Å²) in [5.74, 6) is 0.595. The minimum atomic E-state index is -0.245. The molecule has 2 aliphatic rings. The summed E-state index contributed by atoms with van der Waals surface area (Å²) in [6.45, 7) is 4.18. The lowest BCUT2D eigenvalue weighted by molar-refractivity contribution is -0.0137. The first-order valence-electron chi connectivity index (χ1n) is 9.65. The Morgan fingerprint density at radius 3 is 2.96 bits per heavy atom. The standard InChI is InChI=1S/C21H26N4O2/c1-15-23-12-17(19(24-15)16-6-3-2-4-7-16)20(27)25-11-8-18-21(13-25,14-26)9-5-10-22-18/h2-4,6-7,12,18,22,26H,5,8-11,13-14H2,1H3/t18-,21-/m1/s1. The topological polar surface area (TPSA) is 78.4 Å². The minimum Gasteiger partial charge on any atom is -0.396 e. The van der Waals surface area contributed by atoms with Crippen LogP contribution < -0.4 is 5.32 Å². The number of carbonyl (C=O) groups excluding carboxylic acids is 1. The Morgan fingerprint density at radius 1 is 1.37 bits per heavy atom. The Kier molecular flexibility index (Phi) is 4.93. The number of aliphatic hydroxyl groups is 1. The van der Waals surface area contributed by atoms with Crippen LogP contribution in [0.5, 0.6) is 0 Å². The number of nitrogens with zero attached hydrogens (tertiary/aromatic N) is 3. The molecule has 0 aliphatic carbocycles. The highest BCUT2D eigenvalue weighted by atomic mass is 16.3. The van der Waals surface area contributed by atoms with Crippen LogP contribution in [0.2, 0.25) is 0 Å². The number of aromatic nitrogens is 2. The van der Waals surface area contributed by atoms with Crippen molar-refractivity contribution in [2.45, 2.75) is 32.2 Å². The van der Waals surface area contributed by atoms with Gasteiger partial charge < -0.3 is 15.3 Å². The lowest BCUT2D eigenvalue weighted by Crippen LogP contribution is -2.62. The zero-order valence-electron chi connectivity index (χ0n) is 15.7. The number of piperidine rings is 2. The molecule has 0 unspecified atom stereocenters. The zero-order valence-corrected chi connectivity index (χ0v) is 15.7. The van der Waals surface area contributed by atoms with Gasteiger partial charge in [0.15, 0.2) is 0 Å². The molecular formula is C21H26N4O2. The van der Waals surface area contributed by atoms with Crippen molar-refractivity contribution < 1.29 is 9.90 Å². The molecule has 0 radical (unpaired) electrons. The first-order chi connectivity index (χ1) is 13.1. The van der Waals surface area contributed by atoms with Crippen LogP contribution >= 0.6 is 0 Å². The van der Waals surface area contributed by atoms with Gasteiger partial charge in [0.05, 0.1) is 17.9 Å². The Morgan fingerprint density at radius 2 is 2.19 bits per heavy atom. The third-order valence-electron chi connectivity index (χ3n) is 5.96. The van der Waals surface area contributed by atoms with E-state index in [0.29, 0.717) is 30.2 Å². The predicted octanol–water partition coefficient (Wildman–Crippen LogP) is 2.03. The highest BCUT2D eigenvalue weighted by Gasteiger charge is 2.45. The summed E-state index contributed by atoms with van der Waals surface area (Å²) in [6, 6.07) is 10.0. The number of fused-ring (bicyclic) bond motifs is 1. The van der Waals surface area contributed by atoms with Gasteiger partial charge in [0.1, 0.15) is 5.82 Å². The molecule has 2 aromatic rings. The lowest BCUT2D eigenvalue weighted by Gasteiger charge is -2.50. The molecule has 6 heteroatoms. The van der Waals surface area contributed by atoms with E-state index in [1.807, 2.05) is 42.2 Å². The number of carbonyl (C=O) groups is 1. The average molecular weight is 366 g/mol. The van der Waals surface area contributed by atoms with Gasteiger partial charge in [-0.2, -0.15) is 0 Å². The smallest absolute Gasteiger partial charge is 0.257 e. The number of hydrogen-bond donors (Lipinski definition) is 2. The molecule has 2 fully saturated rings. The molecule has 2 atom stereocenters. The second-order valence-electron chi connectivity index (χ2n) is 7.69. The Labute approximate surface area is 159 Å². The maximum atomic E-state index is 13.4. The monoisotopic (exact) mass is 366 g/mol. The summed E-state index contributed by atoms with van der Waals surface area (Å²) >= 11 is 0. The normalized spacial score (nSPS) is 25.1. The van der Waals surface area contributed by atoms with Crippen molar-refractivity contribution in [1.82, 2.24) is 20.2 Å². The molecule has 0 spiro atoms. The van der Waals surface area contributed by atoms with Gasteiger partial charge in [-0.05, 0) is 32.7 Å². The molecule has 1 amide bonds. The number of hydrogen-bond acceptors (Lipinski definition) is 5. The van der Waals surface area contributed by atoms with E-state index >= 15 is 0 Å². The van der Waals surface area contributed by atoms with E-state index in [9.17, 15) is 9.90 Å². The number of amides is 1.